The predicted octanol–water partition coefficient (Wildman–Crippen LogP) is 3.78. The minimum atomic E-state index is -3.02. The molecule has 0 saturated heterocycles. The van der Waals surface area contributed by atoms with Crippen LogP contribution in [0.4, 0.5) is 17.6 Å². The molecule has 21 heavy (non-hydrogen) atoms. The Kier molecular flexibility index (Phi) is 5.27. The molecule has 0 spiro atoms. The quantitative estimate of drug-likeness (QED) is 0.742. The molecule has 0 aromatic heterocycles. The fourth-order valence-corrected chi connectivity index (χ4v) is 2.10. The van der Waals surface area contributed by atoms with Gasteiger partial charge in [-0.3, -0.25) is 0 Å². The third kappa shape index (κ3) is 5.08. The lowest BCUT2D eigenvalue weighted by molar-refractivity contribution is -0.0547. The van der Waals surface area contributed by atoms with Crippen molar-refractivity contribution in [2.45, 2.75) is 45.6 Å². The topological polar surface area (TPSA) is 30.5 Å². The lowest BCUT2D eigenvalue weighted by atomic mass is 10.1. The Labute approximate surface area is 120 Å². The van der Waals surface area contributed by atoms with Gasteiger partial charge in [0.25, 0.3) is 0 Å². The highest BCUT2D eigenvalue weighted by Crippen LogP contribution is 2.33. The molecule has 1 aromatic carbocycles. The van der Waals surface area contributed by atoms with Crippen molar-refractivity contribution in [2.24, 2.45) is 5.92 Å². The van der Waals surface area contributed by atoms with Gasteiger partial charge in [0.1, 0.15) is 11.5 Å². The molecule has 0 amide bonds. The molecule has 3 nitrogen and oxygen atoms in total. The Morgan fingerprint density at radius 3 is 2.38 bits per heavy atom. The summed E-state index contributed by atoms with van der Waals surface area (Å²) in [6.45, 7) is -3.68. The number of ether oxygens (including phenoxy) is 2. The van der Waals surface area contributed by atoms with Crippen molar-refractivity contribution >= 4 is 0 Å². The molecule has 7 heteroatoms. The first kappa shape index (κ1) is 15.9. The summed E-state index contributed by atoms with van der Waals surface area (Å²) in [5.41, 5.74) is 0.476. The van der Waals surface area contributed by atoms with Gasteiger partial charge < -0.3 is 14.8 Å². The zero-order chi connectivity index (χ0) is 15.4. The summed E-state index contributed by atoms with van der Waals surface area (Å²) in [6.07, 6.45) is 2.32. The number of halogens is 4. The third-order valence-electron chi connectivity index (χ3n) is 3.42. The second-order valence-electron chi connectivity index (χ2n) is 5.03. The van der Waals surface area contributed by atoms with Gasteiger partial charge in [-0.05, 0) is 31.7 Å². The Balaban J connectivity index is 2.05. The summed E-state index contributed by atoms with van der Waals surface area (Å²) in [7, 11) is 0. The van der Waals surface area contributed by atoms with E-state index in [0.29, 0.717) is 18.0 Å². The highest BCUT2D eigenvalue weighted by Gasteiger charge is 2.27. The summed E-state index contributed by atoms with van der Waals surface area (Å²) in [4.78, 5) is 0. The lowest BCUT2D eigenvalue weighted by Gasteiger charge is -2.16. The van der Waals surface area contributed by atoms with Crippen molar-refractivity contribution in [1.29, 1.82) is 0 Å². The van der Waals surface area contributed by atoms with E-state index in [1.807, 2.05) is 6.92 Å². The second kappa shape index (κ2) is 6.98. The van der Waals surface area contributed by atoms with E-state index in [1.54, 1.807) is 0 Å². The van der Waals surface area contributed by atoms with Crippen LogP contribution in [0.3, 0.4) is 0 Å². The molecule has 0 aliphatic heterocycles. The van der Waals surface area contributed by atoms with Crippen LogP contribution in [0.1, 0.15) is 25.3 Å². The van der Waals surface area contributed by atoms with Gasteiger partial charge in [-0.2, -0.15) is 17.6 Å². The minimum Gasteiger partial charge on any atom is -0.435 e. The van der Waals surface area contributed by atoms with E-state index in [2.05, 4.69) is 14.8 Å². The van der Waals surface area contributed by atoms with Crippen LogP contribution in [-0.4, -0.2) is 19.3 Å². The van der Waals surface area contributed by atoms with Crippen molar-refractivity contribution in [2.75, 3.05) is 0 Å². The standard InChI is InChI=1S/C14H17F4NO2/c1-8(9-2-3-9)19-7-10-4-5-11(20-13(15)16)6-12(10)21-14(17)18/h4-6,8-9,13-14,19H,2-3,7H2,1H3. The fraction of sp³-hybridized carbons (Fsp3) is 0.571. The van der Waals surface area contributed by atoms with E-state index >= 15 is 0 Å². The Morgan fingerprint density at radius 2 is 1.81 bits per heavy atom. The van der Waals surface area contributed by atoms with Crippen molar-refractivity contribution < 1.29 is 27.0 Å². The summed E-state index contributed by atoms with van der Waals surface area (Å²) in [5.74, 6) is 0.254. The van der Waals surface area contributed by atoms with Gasteiger partial charge in [0.2, 0.25) is 0 Å². The predicted molar refractivity (Wildman–Crippen MR) is 68.7 cm³/mol. The molecule has 1 saturated carbocycles. The second-order valence-corrected chi connectivity index (χ2v) is 5.03. The van der Waals surface area contributed by atoms with Crippen LogP contribution < -0.4 is 14.8 Å². The SMILES string of the molecule is CC(NCc1ccc(OC(F)F)cc1OC(F)F)C1CC1. The average Bonchev–Trinajstić information content (AvgIpc) is 3.20. The van der Waals surface area contributed by atoms with Crippen molar-refractivity contribution in [1.82, 2.24) is 5.32 Å². The molecule has 0 bridgehead atoms. The largest absolute Gasteiger partial charge is 0.435 e. The Hall–Kier alpha value is -1.50. The van der Waals surface area contributed by atoms with Gasteiger partial charge >= 0.3 is 13.2 Å². The van der Waals surface area contributed by atoms with Crippen LogP contribution in [0.15, 0.2) is 18.2 Å². The molecular formula is C14H17F4NO2. The first-order valence-electron chi connectivity index (χ1n) is 6.71. The number of nitrogens with one attached hydrogen (secondary N) is 1. The van der Waals surface area contributed by atoms with E-state index in [0.717, 1.165) is 18.9 Å². The first-order chi connectivity index (χ1) is 9.95. The van der Waals surface area contributed by atoms with Crippen molar-refractivity contribution in [3.05, 3.63) is 23.8 Å². The van der Waals surface area contributed by atoms with Gasteiger partial charge in [-0.15, -0.1) is 0 Å². The molecule has 1 atom stereocenters. The van der Waals surface area contributed by atoms with Gasteiger partial charge in [-0.1, -0.05) is 6.07 Å². The van der Waals surface area contributed by atoms with Crippen molar-refractivity contribution in [3.8, 4) is 11.5 Å². The van der Waals surface area contributed by atoms with Crippen LogP contribution in [0.2, 0.25) is 0 Å². The molecule has 118 valence electrons. The number of rotatable bonds is 8. The molecule has 1 N–H and O–H groups in total. The number of hydrogen-bond acceptors (Lipinski definition) is 3. The minimum absolute atomic E-state index is 0.154. The van der Waals surface area contributed by atoms with Crippen LogP contribution in [0.5, 0.6) is 11.5 Å². The Bertz CT molecular complexity index is 466. The third-order valence-corrected chi connectivity index (χ3v) is 3.42. The van der Waals surface area contributed by atoms with Crippen LogP contribution in [0.25, 0.3) is 0 Å². The fourth-order valence-electron chi connectivity index (χ4n) is 2.10. The van der Waals surface area contributed by atoms with Gasteiger partial charge in [0.05, 0.1) is 0 Å². The van der Waals surface area contributed by atoms with Crippen molar-refractivity contribution in [3.63, 3.8) is 0 Å². The van der Waals surface area contributed by atoms with E-state index in [4.69, 9.17) is 0 Å². The monoisotopic (exact) mass is 307 g/mol. The summed E-state index contributed by atoms with van der Waals surface area (Å²) in [5, 5.41) is 3.22. The Morgan fingerprint density at radius 1 is 1.14 bits per heavy atom. The summed E-state index contributed by atoms with van der Waals surface area (Å²) >= 11 is 0. The zero-order valence-electron chi connectivity index (χ0n) is 11.5. The van der Waals surface area contributed by atoms with Gasteiger partial charge in [0.15, 0.2) is 0 Å². The van der Waals surface area contributed by atoms with Crippen LogP contribution in [-0.2, 0) is 6.54 Å². The molecule has 1 aliphatic carbocycles. The summed E-state index contributed by atoms with van der Waals surface area (Å²) < 4.78 is 57.6. The lowest BCUT2D eigenvalue weighted by Crippen LogP contribution is -2.27. The van der Waals surface area contributed by atoms with E-state index in [9.17, 15) is 17.6 Å². The molecule has 0 heterocycles. The maximum Gasteiger partial charge on any atom is 0.387 e. The smallest absolute Gasteiger partial charge is 0.387 e. The molecule has 1 aromatic rings. The number of alkyl halides is 4. The van der Waals surface area contributed by atoms with E-state index < -0.39 is 13.2 Å². The molecular weight excluding hydrogens is 290 g/mol. The number of hydrogen-bond donors (Lipinski definition) is 1. The van der Waals surface area contributed by atoms with Gasteiger partial charge in [0, 0.05) is 24.2 Å². The summed E-state index contributed by atoms with van der Waals surface area (Å²) in [6, 6.07) is 4.09. The van der Waals surface area contributed by atoms with Gasteiger partial charge in [-0.25, -0.2) is 0 Å². The van der Waals surface area contributed by atoms with E-state index in [-0.39, 0.29) is 17.5 Å². The highest BCUT2D eigenvalue weighted by atomic mass is 19.3. The molecule has 1 fully saturated rings. The highest BCUT2D eigenvalue weighted by molar-refractivity contribution is 5.40. The maximum atomic E-state index is 12.4. The number of benzene rings is 1. The molecule has 1 unspecified atom stereocenters. The zero-order valence-corrected chi connectivity index (χ0v) is 11.5. The maximum absolute atomic E-state index is 12.4. The molecule has 0 radical (unpaired) electrons. The molecule has 2 rings (SSSR count). The van der Waals surface area contributed by atoms with E-state index in [1.165, 1.54) is 12.1 Å². The average molecular weight is 307 g/mol. The molecule has 1 aliphatic rings. The normalized spacial score (nSPS) is 16.3. The van der Waals surface area contributed by atoms with Crippen LogP contribution >= 0.6 is 0 Å². The van der Waals surface area contributed by atoms with Crippen LogP contribution in [0, 0.1) is 5.92 Å². The first-order valence-corrected chi connectivity index (χ1v) is 6.71.